The first kappa shape index (κ1) is 17.7. The lowest BCUT2D eigenvalue weighted by Gasteiger charge is -2.15. The third kappa shape index (κ3) is 4.18. The highest BCUT2D eigenvalue weighted by molar-refractivity contribution is 6.31. The average Bonchev–Trinajstić information content (AvgIpc) is 3.20. The van der Waals surface area contributed by atoms with Gasteiger partial charge in [0.25, 0.3) is 5.91 Å². The summed E-state index contributed by atoms with van der Waals surface area (Å²) in [5.74, 6) is 0.162. The van der Waals surface area contributed by atoms with Crippen LogP contribution < -0.4 is 10.1 Å². The van der Waals surface area contributed by atoms with Crippen molar-refractivity contribution < 1.29 is 14.3 Å². The Morgan fingerprint density at radius 2 is 2.11 bits per heavy atom. The highest BCUT2D eigenvalue weighted by Gasteiger charge is 2.18. The summed E-state index contributed by atoms with van der Waals surface area (Å²) in [4.78, 5) is 21.3. The Bertz CT molecular complexity index is 974. The highest BCUT2D eigenvalue weighted by atomic mass is 35.5. The molecule has 0 radical (unpaired) electrons. The third-order valence-corrected chi connectivity index (χ3v) is 4.55. The summed E-state index contributed by atoms with van der Waals surface area (Å²) in [6.45, 7) is 1.19. The van der Waals surface area contributed by atoms with E-state index < -0.39 is 0 Å². The minimum Gasteiger partial charge on any atom is -0.489 e. The van der Waals surface area contributed by atoms with Crippen LogP contribution in [0.5, 0.6) is 5.75 Å². The van der Waals surface area contributed by atoms with Gasteiger partial charge < -0.3 is 14.8 Å². The second-order valence-electron chi connectivity index (χ2n) is 6.28. The van der Waals surface area contributed by atoms with Gasteiger partial charge in [-0.3, -0.25) is 9.78 Å². The lowest BCUT2D eigenvalue weighted by atomic mass is 10.2. The summed E-state index contributed by atoms with van der Waals surface area (Å²) >= 11 is 6.09. The number of anilines is 1. The number of carbonyl (C=O) groups excluding carboxylic acids is 1. The quantitative estimate of drug-likeness (QED) is 0.718. The normalized spacial score (nSPS) is 16.4. The van der Waals surface area contributed by atoms with Gasteiger partial charge in [0, 0.05) is 11.6 Å². The topological polar surface area (TPSA) is 73.3 Å². The van der Waals surface area contributed by atoms with Gasteiger partial charge in [-0.2, -0.15) is 0 Å². The molecule has 1 atom stereocenters. The van der Waals surface area contributed by atoms with Gasteiger partial charge in [-0.05, 0) is 43.2 Å². The molecule has 1 saturated heterocycles. The molecule has 1 aliphatic rings. The van der Waals surface area contributed by atoms with Gasteiger partial charge in [-0.25, -0.2) is 4.98 Å². The Balaban J connectivity index is 1.52. The van der Waals surface area contributed by atoms with E-state index in [0.29, 0.717) is 28.6 Å². The Labute approximate surface area is 161 Å². The number of fused-ring (bicyclic) bond motifs is 1. The maximum Gasteiger partial charge on any atom is 0.275 e. The highest BCUT2D eigenvalue weighted by Crippen LogP contribution is 2.29. The molecule has 27 heavy (non-hydrogen) atoms. The molecule has 0 spiro atoms. The number of benzene rings is 2. The Kier molecular flexibility index (Phi) is 5.18. The number of hydrogen-bond acceptors (Lipinski definition) is 5. The lowest BCUT2D eigenvalue weighted by molar-refractivity contribution is 0.0682. The standard InChI is InChI=1S/C20H18ClN3O3/c21-13-7-8-19(27-12-14-4-3-9-26-14)17(10-13)24-20(25)18-11-22-15-5-1-2-6-16(15)23-18/h1-2,5-8,10-11,14H,3-4,9,12H2,(H,24,25)/t14-/m0/s1. The van der Waals surface area contributed by atoms with Gasteiger partial charge in [0.2, 0.25) is 0 Å². The second-order valence-corrected chi connectivity index (χ2v) is 6.72. The zero-order valence-corrected chi connectivity index (χ0v) is 15.3. The molecular formula is C20H18ClN3O3. The number of carbonyl (C=O) groups is 1. The maximum absolute atomic E-state index is 12.6. The molecule has 138 valence electrons. The second kappa shape index (κ2) is 7.90. The van der Waals surface area contributed by atoms with Crippen molar-refractivity contribution in [3.63, 3.8) is 0 Å². The minimum atomic E-state index is -0.377. The number of nitrogens with zero attached hydrogens (tertiary/aromatic N) is 2. The van der Waals surface area contributed by atoms with Crippen LogP contribution in [0.4, 0.5) is 5.69 Å². The van der Waals surface area contributed by atoms with Gasteiger partial charge in [0.15, 0.2) is 0 Å². The van der Waals surface area contributed by atoms with Crippen LogP contribution in [0.2, 0.25) is 5.02 Å². The van der Waals surface area contributed by atoms with Gasteiger partial charge in [0.1, 0.15) is 18.1 Å². The molecule has 1 aliphatic heterocycles. The number of ether oxygens (including phenoxy) is 2. The molecule has 0 unspecified atom stereocenters. The van der Waals surface area contributed by atoms with E-state index in [4.69, 9.17) is 21.1 Å². The Morgan fingerprint density at radius 3 is 2.93 bits per heavy atom. The summed E-state index contributed by atoms with van der Waals surface area (Å²) in [6.07, 6.45) is 3.55. The number of hydrogen-bond donors (Lipinski definition) is 1. The van der Waals surface area contributed by atoms with Crippen molar-refractivity contribution in [2.24, 2.45) is 0 Å². The van der Waals surface area contributed by atoms with E-state index in [9.17, 15) is 4.79 Å². The SMILES string of the molecule is O=C(Nc1cc(Cl)ccc1OC[C@@H]1CCCO1)c1cnc2ccccc2n1. The van der Waals surface area contributed by atoms with Crippen molar-refractivity contribution in [3.8, 4) is 5.75 Å². The minimum absolute atomic E-state index is 0.0792. The number of halogens is 1. The monoisotopic (exact) mass is 383 g/mol. The van der Waals surface area contributed by atoms with Crippen molar-refractivity contribution in [2.75, 3.05) is 18.5 Å². The van der Waals surface area contributed by atoms with Crippen molar-refractivity contribution in [2.45, 2.75) is 18.9 Å². The smallest absolute Gasteiger partial charge is 0.275 e. The molecule has 2 aromatic carbocycles. The molecule has 0 saturated carbocycles. The first-order valence-electron chi connectivity index (χ1n) is 8.76. The van der Waals surface area contributed by atoms with Crippen molar-refractivity contribution in [1.82, 2.24) is 9.97 Å². The van der Waals surface area contributed by atoms with Crippen LogP contribution in [0.15, 0.2) is 48.7 Å². The van der Waals surface area contributed by atoms with E-state index in [2.05, 4.69) is 15.3 Å². The zero-order chi connectivity index (χ0) is 18.6. The van der Waals surface area contributed by atoms with Crippen LogP contribution in [-0.2, 0) is 4.74 Å². The third-order valence-electron chi connectivity index (χ3n) is 4.32. The predicted octanol–water partition coefficient (Wildman–Crippen LogP) is 4.09. The van der Waals surface area contributed by atoms with Crippen LogP contribution in [-0.4, -0.2) is 35.2 Å². The predicted molar refractivity (Wildman–Crippen MR) is 103 cm³/mol. The lowest BCUT2D eigenvalue weighted by Crippen LogP contribution is -2.18. The number of aromatic nitrogens is 2. The average molecular weight is 384 g/mol. The number of amides is 1. The first-order chi connectivity index (χ1) is 13.2. The molecule has 1 aromatic heterocycles. The van der Waals surface area contributed by atoms with E-state index in [-0.39, 0.29) is 17.7 Å². The van der Waals surface area contributed by atoms with Crippen LogP contribution in [0.25, 0.3) is 11.0 Å². The summed E-state index contributed by atoms with van der Waals surface area (Å²) in [5, 5.41) is 3.32. The van der Waals surface area contributed by atoms with Gasteiger partial charge in [0.05, 0.1) is 29.0 Å². The molecule has 1 amide bonds. The zero-order valence-electron chi connectivity index (χ0n) is 14.5. The van der Waals surface area contributed by atoms with Crippen molar-refractivity contribution in [1.29, 1.82) is 0 Å². The molecule has 2 heterocycles. The van der Waals surface area contributed by atoms with Crippen molar-refractivity contribution >= 4 is 34.2 Å². The fourth-order valence-corrected chi connectivity index (χ4v) is 3.11. The van der Waals surface area contributed by atoms with Gasteiger partial charge in [-0.15, -0.1) is 0 Å². The van der Waals surface area contributed by atoms with Crippen LogP contribution in [0.1, 0.15) is 23.3 Å². The molecule has 1 N–H and O–H groups in total. The molecular weight excluding hydrogens is 366 g/mol. The van der Waals surface area contributed by atoms with Gasteiger partial charge >= 0.3 is 0 Å². The Hall–Kier alpha value is -2.70. The van der Waals surface area contributed by atoms with E-state index in [1.807, 2.05) is 24.3 Å². The van der Waals surface area contributed by atoms with Gasteiger partial charge in [-0.1, -0.05) is 23.7 Å². The van der Waals surface area contributed by atoms with Crippen LogP contribution in [0.3, 0.4) is 0 Å². The first-order valence-corrected chi connectivity index (χ1v) is 9.14. The van der Waals surface area contributed by atoms with E-state index in [0.717, 1.165) is 25.0 Å². The molecule has 3 aromatic rings. The van der Waals surface area contributed by atoms with Crippen LogP contribution in [0, 0.1) is 0 Å². The van der Waals surface area contributed by atoms with E-state index in [1.54, 1.807) is 18.2 Å². The van der Waals surface area contributed by atoms with E-state index in [1.165, 1.54) is 6.20 Å². The molecule has 6 nitrogen and oxygen atoms in total. The number of rotatable bonds is 5. The summed E-state index contributed by atoms with van der Waals surface area (Å²) in [5.41, 5.74) is 2.10. The molecule has 1 fully saturated rings. The molecule has 0 aliphatic carbocycles. The number of para-hydroxylation sites is 2. The van der Waals surface area contributed by atoms with E-state index >= 15 is 0 Å². The van der Waals surface area contributed by atoms with Crippen molar-refractivity contribution in [3.05, 3.63) is 59.4 Å². The summed E-state index contributed by atoms with van der Waals surface area (Å²) < 4.78 is 11.4. The molecule has 7 heteroatoms. The molecule has 4 rings (SSSR count). The summed E-state index contributed by atoms with van der Waals surface area (Å²) in [6, 6.07) is 12.5. The largest absolute Gasteiger partial charge is 0.489 e. The maximum atomic E-state index is 12.6. The fraction of sp³-hybridized carbons (Fsp3) is 0.250. The summed E-state index contributed by atoms with van der Waals surface area (Å²) in [7, 11) is 0. The fourth-order valence-electron chi connectivity index (χ4n) is 2.94. The number of nitrogens with one attached hydrogen (secondary N) is 1. The Morgan fingerprint density at radius 1 is 1.26 bits per heavy atom. The molecule has 0 bridgehead atoms. The van der Waals surface area contributed by atoms with Crippen LogP contribution >= 0.6 is 11.6 Å².